The molecule has 1 fully saturated rings. The van der Waals surface area contributed by atoms with E-state index in [2.05, 4.69) is 12.2 Å². The first-order valence-corrected chi connectivity index (χ1v) is 5.78. The third-order valence-corrected chi connectivity index (χ3v) is 3.10. The lowest BCUT2D eigenvalue weighted by Gasteiger charge is -2.15. The van der Waals surface area contributed by atoms with Gasteiger partial charge in [-0.05, 0) is 31.9 Å². The van der Waals surface area contributed by atoms with E-state index in [9.17, 15) is 5.11 Å². The van der Waals surface area contributed by atoms with Gasteiger partial charge in [0.25, 0.3) is 0 Å². The molecule has 0 amide bonds. The van der Waals surface area contributed by atoms with Gasteiger partial charge in [-0.15, -0.1) is 0 Å². The van der Waals surface area contributed by atoms with Crippen molar-refractivity contribution in [3.63, 3.8) is 0 Å². The Bertz CT molecular complexity index is 320. The first kappa shape index (κ1) is 10.5. The minimum Gasteiger partial charge on any atom is -0.508 e. The van der Waals surface area contributed by atoms with Crippen LogP contribution in [0.1, 0.15) is 37.8 Å². The summed E-state index contributed by atoms with van der Waals surface area (Å²) >= 11 is 0. The molecule has 1 aliphatic rings. The third-order valence-electron chi connectivity index (χ3n) is 3.10. The third kappa shape index (κ3) is 2.96. The second-order valence-electron chi connectivity index (χ2n) is 4.47. The number of hydrogen-bond acceptors (Lipinski definition) is 2. The first-order chi connectivity index (χ1) is 7.27. The Morgan fingerprint density at radius 2 is 2.13 bits per heavy atom. The minimum absolute atomic E-state index is 0.241. The smallest absolute Gasteiger partial charge is 0.120 e. The lowest BCUT2D eigenvalue weighted by Crippen LogP contribution is -2.20. The summed E-state index contributed by atoms with van der Waals surface area (Å²) in [7, 11) is 0. The number of hydrogen-bond donors (Lipinski definition) is 2. The average Bonchev–Trinajstić information content (AvgIpc) is 3.02. The molecule has 1 atom stereocenters. The van der Waals surface area contributed by atoms with Crippen molar-refractivity contribution in [2.45, 2.75) is 32.2 Å². The van der Waals surface area contributed by atoms with Crippen molar-refractivity contribution in [2.24, 2.45) is 5.92 Å². The molecule has 0 spiro atoms. The van der Waals surface area contributed by atoms with Gasteiger partial charge in [0.1, 0.15) is 5.75 Å². The van der Waals surface area contributed by atoms with Gasteiger partial charge < -0.3 is 10.4 Å². The highest BCUT2D eigenvalue weighted by atomic mass is 16.3. The maximum Gasteiger partial charge on any atom is 0.120 e. The molecule has 2 nitrogen and oxygen atoms in total. The molecular weight excluding hydrogens is 186 g/mol. The average molecular weight is 205 g/mol. The second-order valence-corrected chi connectivity index (χ2v) is 4.47. The molecule has 0 aromatic heterocycles. The van der Waals surface area contributed by atoms with Crippen LogP contribution in [0.3, 0.4) is 0 Å². The van der Waals surface area contributed by atoms with Crippen LogP contribution in [0.4, 0.5) is 0 Å². The quantitative estimate of drug-likeness (QED) is 0.774. The molecule has 15 heavy (non-hydrogen) atoms. The predicted molar refractivity (Wildman–Crippen MR) is 61.9 cm³/mol. The summed E-state index contributed by atoms with van der Waals surface area (Å²) in [5, 5.41) is 13.1. The topological polar surface area (TPSA) is 32.3 Å². The maximum atomic E-state index is 9.66. The molecule has 0 bridgehead atoms. The lowest BCUT2D eigenvalue weighted by molar-refractivity contribution is 0.450. The second kappa shape index (κ2) is 4.67. The van der Waals surface area contributed by atoms with Crippen molar-refractivity contribution in [1.29, 1.82) is 0 Å². The number of benzene rings is 1. The van der Waals surface area contributed by atoms with E-state index in [1.165, 1.54) is 19.3 Å². The highest BCUT2D eigenvalue weighted by Gasteiger charge is 2.20. The van der Waals surface area contributed by atoms with Gasteiger partial charge in [0.05, 0.1) is 0 Å². The number of aromatic hydroxyl groups is 1. The Hall–Kier alpha value is -1.02. The molecule has 2 heteroatoms. The minimum atomic E-state index is 0.241. The van der Waals surface area contributed by atoms with E-state index in [0.29, 0.717) is 5.75 Å². The number of phenolic OH excluding ortho intramolecular Hbond substituents is 1. The molecule has 1 saturated carbocycles. The Kier molecular flexibility index (Phi) is 3.27. The highest BCUT2D eigenvalue weighted by Crippen LogP contribution is 2.32. The van der Waals surface area contributed by atoms with E-state index >= 15 is 0 Å². The maximum absolute atomic E-state index is 9.66. The monoisotopic (exact) mass is 205 g/mol. The van der Waals surface area contributed by atoms with E-state index < -0.39 is 0 Å². The summed E-state index contributed by atoms with van der Waals surface area (Å²) < 4.78 is 0. The lowest BCUT2D eigenvalue weighted by atomic mass is 10.1. The van der Waals surface area contributed by atoms with E-state index in [-0.39, 0.29) is 6.04 Å². The standard InChI is InChI=1S/C13H19NO/c1-10(14-9-8-11-6-7-11)12-4-2-3-5-13(12)15/h2-5,10-11,14-15H,6-9H2,1H3. The van der Waals surface area contributed by atoms with Gasteiger partial charge in [0.15, 0.2) is 0 Å². The van der Waals surface area contributed by atoms with Gasteiger partial charge in [-0.25, -0.2) is 0 Å². The van der Waals surface area contributed by atoms with Crippen LogP contribution in [0.25, 0.3) is 0 Å². The molecule has 0 aliphatic heterocycles. The van der Waals surface area contributed by atoms with Gasteiger partial charge in [-0.1, -0.05) is 31.0 Å². The highest BCUT2D eigenvalue weighted by molar-refractivity contribution is 5.34. The Morgan fingerprint density at radius 3 is 2.80 bits per heavy atom. The van der Waals surface area contributed by atoms with Gasteiger partial charge >= 0.3 is 0 Å². The fourth-order valence-corrected chi connectivity index (χ4v) is 1.87. The molecule has 1 unspecified atom stereocenters. The normalized spacial score (nSPS) is 17.7. The molecular formula is C13H19NO. The van der Waals surface area contributed by atoms with Crippen molar-refractivity contribution in [3.05, 3.63) is 29.8 Å². The number of nitrogens with one attached hydrogen (secondary N) is 1. The van der Waals surface area contributed by atoms with Gasteiger partial charge in [0.2, 0.25) is 0 Å². The van der Waals surface area contributed by atoms with E-state index in [1.54, 1.807) is 6.07 Å². The Balaban J connectivity index is 1.83. The summed E-state index contributed by atoms with van der Waals surface area (Å²) in [6, 6.07) is 7.78. The SMILES string of the molecule is CC(NCCC1CC1)c1ccccc1O. The van der Waals surface area contributed by atoms with Crippen molar-refractivity contribution in [1.82, 2.24) is 5.32 Å². The van der Waals surface area contributed by atoms with Crippen LogP contribution in [-0.2, 0) is 0 Å². The molecule has 0 heterocycles. The Labute approximate surface area is 91.3 Å². The molecule has 0 saturated heterocycles. The summed E-state index contributed by atoms with van der Waals surface area (Å²) in [6.07, 6.45) is 4.09. The number of phenols is 1. The van der Waals surface area contributed by atoms with Crippen LogP contribution in [0, 0.1) is 5.92 Å². The van der Waals surface area contributed by atoms with E-state index in [4.69, 9.17) is 0 Å². The van der Waals surface area contributed by atoms with E-state index in [0.717, 1.165) is 18.0 Å². The van der Waals surface area contributed by atoms with Crippen molar-refractivity contribution in [3.8, 4) is 5.75 Å². The van der Waals surface area contributed by atoms with Crippen LogP contribution in [0.15, 0.2) is 24.3 Å². The molecule has 1 aromatic rings. The van der Waals surface area contributed by atoms with Crippen LogP contribution < -0.4 is 5.32 Å². The summed E-state index contributed by atoms with van der Waals surface area (Å²) in [4.78, 5) is 0. The fourth-order valence-electron chi connectivity index (χ4n) is 1.87. The largest absolute Gasteiger partial charge is 0.508 e. The zero-order chi connectivity index (χ0) is 10.7. The molecule has 1 aliphatic carbocycles. The Morgan fingerprint density at radius 1 is 1.40 bits per heavy atom. The van der Waals surface area contributed by atoms with Crippen molar-refractivity contribution < 1.29 is 5.11 Å². The molecule has 2 N–H and O–H groups in total. The van der Waals surface area contributed by atoms with Crippen LogP contribution in [-0.4, -0.2) is 11.7 Å². The van der Waals surface area contributed by atoms with E-state index in [1.807, 2.05) is 18.2 Å². The van der Waals surface area contributed by atoms with Crippen molar-refractivity contribution in [2.75, 3.05) is 6.54 Å². The summed E-state index contributed by atoms with van der Waals surface area (Å²) in [6.45, 7) is 3.15. The molecule has 1 aromatic carbocycles. The van der Waals surface area contributed by atoms with Crippen LogP contribution in [0.5, 0.6) is 5.75 Å². The zero-order valence-electron chi connectivity index (χ0n) is 9.24. The first-order valence-electron chi connectivity index (χ1n) is 5.78. The fraction of sp³-hybridized carbons (Fsp3) is 0.538. The predicted octanol–water partition coefficient (Wildman–Crippen LogP) is 2.84. The van der Waals surface area contributed by atoms with Gasteiger partial charge in [-0.2, -0.15) is 0 Å². The summed E-state index contributed by atoms with van der Waals surface area (Å²) in [5.74, 6) is 1.36. The van der Waals surface area contributed by atoms with Crippen LogP contribution >= 0.6 is 0 Å². The van der Waals surface area contributed by atoms with Gasteiger partial charge in [0, 0.05) is 11.6 Å². The molecule has 0 radical (unpaired) electrons. The molecule has 82 valence electrons. The number of para-hydroxylation sites is 1. The summed E-state index contributed by atoms with van der Waals surface area (Å²) in [5.41, 5.74) is 0.994. The number of rotatable bonds is 5. The van der Waals surface area contributed by atoms with Crippen LogP contribution in [0.2, 0.25) is 0 Å². The van der Waals surface area contributed by atoms with Gasteiger partial charge in [-0.3, -0.25) is 0 Å². The zero-order valence-corrected chi connectivity index (χ0v) is 9.24. The van der Waals surface area contributed by atoms with Crippen molar-refractivity contribution >= 4 is 0 Å². The molecule has 2 rings (SSSR count).